The van der Waals surface area contributed by atoms with E-state index < -0.39 is 17.9 Å². The molecule has 3 rings (SSSR count). The number of aryl methyl sites for hydroxylation is 1. The molecule has 0 amide bonds. The topological polar surface area (TPSA) is 111 Å². The van der Waals surface area contributed by atoms with Gasteiger partial charge in [-0.3, -0.25) is 13.9 Å². The molecule has 0 aliphatic carbocycles. The molecule has 2 aromatic heterocycles. The molecule has 1 aromatic carbocycles. The molecule has 27 heavy (non-hydrogen) atoms. The fourth-order valence-corrected chi connectivity index (χ4v) is 2.53. The van der Waals surface area contributed by atoms with E-state index in [9.17, 15) is 18.4 Å². The number of rotatable bonds is 7. The largest absolute Gasteiger partial charge is 0.435 e. The van der Waals surface area contributed by atoms with Crippen LogP contribution in [0, 0.1) is 0 Å². The van der Waals surface area contributed by atoms with Gasteiger partial charge in [-0.15, -0.1) is 0 Å². The molecule has 2 N–H and O–H groups in total. The minimum absolute atomic E-state index is 0.0463. The van der Waals surface area contributed by atoms with Crippen molar-refractivity contribution in [2.24, 2.45) is 7.05 Å². The highest BCUT2D eigenvalue weighted by atomic mass is 19.3. The summed E-state index contributed by atoms with van der Waals surface area (Å²) in [5.41, 5.74) is -1.05. The predicted octanol–water partition coefficient (Wildman–Crippen LogP) is 1.20. The quantitative estimate of drug-likeness (QED) is 0.635. The summed E-state index contributed by atoms with van der Waals surface area (Å²) >= 11 is 0. The van der Waals surface area contributed by atoms with Gasteiger partial charge in [-0.25, -0.2) is 4.79 Å². The summed E-state index contributed by atoms with van der Waals surface area (Å²) in [5.74, 6) is 0.0511. The van der Waals surface area contributed by atoms with Gasteiger partial charge < -0.3 is 19.6 Å². The van der Waals surface area contributed by atoms with E-state index in [-0.39, 0.29) is 48.2 Å². The maximum Gasteiger partial charge on any atom is 0.387 e. The highest BCUT2D eigenvalue weighted by Gasteiger charge is 2.16. The molecule has 0 aliphatic rings. The van der Waals surface area contributed by atoms with E-state index >= 15 is 0 Å². The Morgan fingerprint density at radius 1 is 1.30 bits per heavy atom. The number of hydrogen-bond acceptors (Lipinski definition) is 6. The zero-order valence-electron chi connectivity index (χ0n) is 14.2. The maximum atomic E-state index is 12.5. The Labute approximate surface area is 150 Å². The molecule has 0 atom stereocenters. The predicted molar refractivity (Wildman–Crippen MR) is 90.4 cm³/mol. The summed E-state index contributed by atoms with van der Waals surface area (Å²) < 4.78 is 36.5. The lowest BCUT2D eigenvalue weighted by Crippen LogP contribution is -2.39. The number of imidazole rings is 1. The van der Waals surface area contributed by atoms with Crippen LogP contribution in [-0.2, 0) is 13.6 Å². The van der Waals surface area contributed by atoms with E-state index in [1.54, 1.807) is 0 Å². The highest BCUT2D eigenvalue weighted by molar-refractivity contribution is 5.70. The van der Waals surface area contributed by atoms with Gasteiger partial charge in [-0.05, 0) is 18.6 Å². The first-order valence-corrected chi connectivity index (χ1v) is 7.94. The van der Waals surface area contributed by atoms with E-state index in [2.05, 4.69) is 14.7 Å². The van der Waals surface area contributed by atoms with E-state index in [1.807, 2.05) is 0 Å². The zero-order chi connectivity index (χ0) is 19.6. The number of halogens is 2. The molecule has 0 fully saturated rings. The Balaban J connectivity index is 1.98. The van der Waals surface area contributed by atoms with Crippen LogP contribution in [0.5, 0.6) is 17.5 Å². The van der Waals surface area contributed by atoms with Crippen LogP contribution in [0.15, 0.2) is 33.9 Å². The normalized spacial score (nSPS) is 11.3. The summed E-state index contributed by atoms with van der Waals surface area (Å²) in [6.07, 6.45) is 0.245. The van der Waals surface area contributed by atoms with Crippen LogP contribution < -0.4 is 20.7 Å². The smallest absolute Gasteiger partial charge is 0.387 e. The first-order chi connectivity index (χ1) is 12.9. The van der Waals surface area contributed by atoms with Crippen LogP contribution in [0.25, 0.3) is 11.2 Å². The Bertz CT molecular complexity index is 1070. The van der Waals surface area contributed by atoms with E-state index in [0.29, 0.717) is 0 Å². The summed E-state index contributed by atoms with van der Waals surface area (Å²) in [6, 6.07) is 5.42. The average molecular weight is 382 g/mol. The molecular weight excluding hydrogens is 366 g/mol. The summed E-state index contributed by atoms with van der Waals surface area (Å²) in [7, 11) is 1.45. The molecule has 11 heteroatoms. The molecule has 0 saturated heterocycles. The van der Waals surface area contributed by atoms with Crippen molar-refractivity contribution in [2.45, 2.75) is 19.6 Å². The van der Waals surface area contributed by atoms with Crippen LogP contribution >= 0.6 is 0 Å². The van der Waals surface area contributed by atoms with Gasteiger partial charge in [0.05, 0.1) is 0 Å². The monoisotopic (exact) mass is 382 g/mol. The molecule has 9 nitrogen and oxygen atoms in total. The number of alkyl halides is 2. The first kappa shape index (κ1) is 18.6. The standard InChI is InChI=1S/C16H16F2N4O5/c1-21-12-11(13(24)22(16(21)25)6-3-7-23)19-15(20-12)27-10-5-2-4-9(8-10)26-14(17)18/h2,4-5,8,14,23H,3,6-7H2,1H3,(H,19,20). The summed E-state index contributed by atoms with van der Waals surface area (Å²) in [6.45, 7) is -3.08. The Hall–Kier alpha value is -3.21. The number of aliphatic hydroxyl groups excluding tert-OH is 1. The lowest BCUT2D eigenvalue weighted by atomic mass is 10.3. The van der Waals surface area contributed by atoms with Crippen LogP contribution in [-0.4, -0.2) is 37.4 Å². The van der Waals surface area contributed by atoms with Crippen LogP contribution in [0.1, 0.15) is 6.42 Å². The number of nitrogens with zero attached hydrogens (tertiary/aromatic N) is 3. The minimum Gasteiger partial charge on any atom is -0.435 e. The number of aliphatic hydroxyl groups is 1. The van der Waals surface area contributed by atoms with Crippen molar-refractivity contribution < 1.29 is 23.4 Å². The minimum atomic E-state index is -2.97. The van der Waals surface area contributed by atoms with E-state index in [0.717, 1.165) is 4.57 Å². The summed E-state index contributed by atoms with van der Waals surface area (Å²) in [4.78, 5) is 31.5. The highest BCUT2D eigenvalue weighted by Crippen LogP contribution is 2.25. The first-order valence-electron chi connectivity index (χ1n) is 7.94. The second-order valence-corrected chi connectivity index (χ2v) is 5.57. The third kappa shape index (κ3) is 3.82. The number of H-pyrrole nitrogens is 1. The Kier molecular flexibility index (Phi) is 5.21. The van der Waals surface area contributed by atoms with Gasteiger partial charge in [0, 0.05) is 26.3 Å². The number of nitrogens with one attached hydrogen (secondary N) is 1. The lowest BCUT2D eigenvalue weighted by molar-refractivity contribution is -0.0499. The maximum absolute atomic E-state index is 12.5. The third-order valence-corrected chi connectivity index (χ3v) is 3.74. The van der Waals surface area contributed by atoms with Crippen molar-refractivity contribution in [3.8, 4) is 17.5 Å². The average Bonchev–Trinajstić information content (AvgIpc) is 3.04. The number of hydrogen-bond donors (Lipinski definition) is 2. The fourth-order valence-electron chi connectivity index (χ4n) is 2.53. The molecule has 0 bridgehead atoms. The van der Waals surface area contributed by atoms with Crippen molar-refractivity contribution in [3.05, 3.63) is 45.1 Å². The second kappa shape index (κ2) is 7.58. The van der Waals surface area contributed by atoms with Crippen molar-refractivity contribution in [1.29, 1.82) is 0 Å². The molecule has 144 valence electrons. The van der Waals surface area contributed by atoms with Gasteiger partial charge >= 0.3 is 18.3 Å². The number of aromatic nitrogens is 4. The molecule has 3 aromatic rings. The number of ether oxygens (including phenoxy) is 2. The van der Waals surface area contributed by atoms with Crippen LogP contribution in [0.2, 0.25) is 0 Å². The van der Waals surface area contributed by atoms with E-state index in [4.69, 9.17) is 9.84 Å². The fraction of sp³-hybridized carbons (Fsp3) is 0.312. The van der Waals surface area contributed by atoms with Gasteiger partial charge in [0.15, 0.2) is 11.2 Å². The van der Waals surface area contributed by atoms with Crippen molar-refractivity contribution in [1.82, 2.24) is 19.1 Å². The van der Waals surface area contributed by atoms with Crippen molar-refractivity contribution >= 4 is 11.2 Å². The van der Waals surface area contributed by atoms with Gasteiger partial charge in [-0.1, -0.05) is 6.07 Å². The number of benzene rings is 1. The molecule has 0 saturated carbocycles. The van der Waals surface area contributed by atoms with E-state index in [1.165, 1.54) is 35.9 Å². The van der Waals surface area contributed by atoms with Crippen LogP contribution in [0.4, 0.5) is 8.78 Å². The van der Waals surface area contributed by atoms with Crippen molar-refractivity contribution in [2.75, 3.05) is 6.61 Å². The second-order valence-electron chi connectivity index (χ2n) is 5.57. The SMILES string of the molecule is Cn1c(=O)n(CCCO)c(=O)c2[nH]c(Oc3cccc(OC(F)F)c3)nc21. The molecule has 2 heterocycles. The molecule has 0 spiro atoms. The van der Waals surface area contributed by atoms with Gasteiger partial charge in [0.2, 0.25) is 0 Å². The molecule has 0 unspecified atom stereocenters. The molecule has 0 radical (unpaired) electrons. The van der Waals surface area contributed by atoms with Gasteiger partial charge in [0.25, 0.3) is 5.56 Å². The van der Waals surface area contributed by atoms with Crippen LogP contribution in [0.3, 0.4) is 0 Å². The summed E-state index contributed by atoms with van der Waals surface area (Å²) in [5, 5.41) is 8.92. The Morgan fingerprint density at radius 2 is 2.04 bits per heavy atom. The molecular formula is C16H16F2N4O5. The number of aromatic amines is 1. The van der Waals surface area contributed by atoms with Gasteiger partial charge in [-0.2, -0.15) is 13.8 Å². The zero-order valence-corrected chi connectivity index (χ0v) is 14.2. The van der Waals surface area contributed by atoms with Crippen molar-refractivity contribution in [3.63, 3.8) is 0 Å². The lowest BCUT2D eigenvalue weighted by Gasteiger charge is -2.06. The number of fused-ring (bicyclic) bond motifs is 1. The third-order valence-electron chi connectivity index (χ3n) is 3.74. The van der Waals surface area contributed by atoms with Gasteiger partial charge in [0.1, 0.15) is 11.5 Å². The molecule has 0 aliphatic heterocycles. The Morgan fingerprint density at radius 3 is 2.74 bits per heavy atom.